The summed E-state index contributed by atoms with van der Waals surface area (Å²) in [6.07, 6.45) is 2.09. The molecular formula is C22H27N3O2. The van der Waals surface area contributed by atoms with Crippen molar-refractivity contribution in [1.29, 1.82) is 0 Å². The summed E-state index contributed by atoms with van der Waals surface area (Å²) in [6.45, 7) is 1.75. The molecule has 2 amide bonds. The highest BCUT2D eigenvalue weighted by Crippen LogP contribution is 2.18. The molecule has 0 radical (unpaired) electrons. The first-order valence-corrected chi connectivity index (χ1v) is 9.43. The molecule has 2 aromatic rings. The molecule has 0 unspecified atom stereocenters. The van der Waals surface area contributed by atoms with Gasteiger partial charge in [0.15, 0.2) is 0 Å². The van der Waals surface area contributed by atoms with E-state index < -0.39 is 0 Å². The summed E-state index contributed by atoms with van der Waals surface area (Å²) in [5.74, 6) is -0.126. The predicted molar refractivity (Wildman–Crippen MR) is 106 cm³/mol. The Morgan fingerprint density at radius 1 is 0.889 bits per heavy atom. The minimum absolute atomic E-state index is 0.0483. The maximum Gasteiger partial charge on any atom is 0.239 e. The molecule has 0 saturated heterocycles. The van der Waals surface area contributed by atoms with Crippen molar-refractivity contribution in [3.63, 3.8) is 0 Å². The van der Waals surface area contributed by atoms with Crippen LogP contribution in [0.1, 0.15) is 24.0 Å². The smallest absolute Gasteiger partial charge is 0.239 e. The molecule has 0 bridgehead atoms. The number of hydrogen-bond acceptors (Lipinski definition) is 3. The number of likely N-dealkylation sites (N-methyl/N-ethyl adjacent to an activating group) is 1. The second-order valence-electron chi connectivity index (χ2n) is 7.21. The average Bonchev–Trinajstić information content (AvgIpc) is 3.47. The van der Waals surface area contributed by atoms with Crippen LogP contribution in [0.2, 0.25) is 0 Å². The maximum absolute atomic E-state index is 12.7. The van der Waals surface area contributed by atoms with Crippen molar-refractivity contribution < 1.29 is 9.59 Å². The number of rotatable bonds is 9. The molecule has 1 N–H and O–H groups in total. The van der Waals surface area contributed by atoms with Gasteiger partial charge in [-0.1, -0.05) is 60.7 Å². The molecule has 1 fully saturated rings. The minimum Gasteiger partial charge on any atom is -0.352 e. The standard InChI is InChI=1S/C22H27N3O2/c1-24(16-21(26)23-20-12-13-20)22(27)17-25(14-18-8-4-2-5-9-18)15-19-10-6-3-7-11-19/h2-11,20H,12-17H2,1H3,(H,23,26). The summed E-state index contributed by atoms with van der Waals surface area (Å²) < 4.78 is 0. The first-order valence-electron chi connectivity index (χ1n) is 9.43. The molecule has 0 spiro atoms. The van der Waals surface area contributed by atoms with Crippen LogP contribution >= 0.6 is 0 Å². The van der Waals surface area contributed by atoms with Gasteiger partial charge in [0.25, 0.3) is 0 Å². The molecule has 142 valence electrons. The van der Waals surface area contributed by atoms with Gasteiger partial charge in [-0.25, -0.2) is 0 Å². The maximum atomic E-state index is 12.7. The van der Waals surface area contributed by atoms with Gasteiger partial charge in [0.1, 0.15) is 0 Å². The van der Waals surface area contributed by atoms with Crippen molar-refractivity contribution in [2.75, 3.05) is 20.1 Å². The summed E-state index contributed by atoms with van der Waals surface area (Å²) in [5.41, 5.74) is 2.32. The first kappa shape index (κ1) is 19.1. The van der Waals surface area contributed by atoms with E-state index in [-0.39, 0.29) is 24.9 Å². The van der Waals surface area contributed by atoms with Crippen LogP contribution in [0.3, 0.4) is 0 Å². The summed E-state index contributed by atoms with van der Waals surface area (Å²) in [5, 5.41) is 2.93. The number of amides is 2. The van der Waals surface area contributed by atoms with Gasteiger partial charge in [0.05, 0.1) is 13.1 Å². The fourth-order valence-electron chi connectivity index (χ4n) is 2.97. The Hall–Kier alpha value is -2.66. The van der Waals surface area contributed by atoms with E-state index in [2.05, 4.69) is 34.5 Å². The van der Waals surface area contributed by atoms with Gasteiger partial charge in [0, 0.05) is 26.2 Å². The number of hydrogen-bond donors (Lipinski definition) is 1. The minimum atomic E-state index is -0.0778. The highest BCUT2D eigenvalue weighted by molar-refractivity contribution is 5.85. The number of nitrogens with one attached hydrogen (secondary N) is 1. The second kappa shape index (κ2) is 9.33. The van der Waals surface area contributed by atoms with Gasteiger partial charge >= 0.3 is 0 Å². The molecule has 1 aliphatic carbocycles. The van der Waals surface area contributed by atoms with Crippen LogP contribution in [0.4, 0.5) is 0 Å². The van der Waals surface area contributed by atoms with Crippen LogP contribution in [0.15, 0.2) is 60.7 Å². The number of nitrogens with zero attached hydrogens (tertiary/aromatic N) is 2. The van der Waals surface area contributed by atoms with E-state index in [1.165, 1.54) is 4.90 Å². The van der Waals surface area contributed by atoms with E-state index in [4.69, 9.17) is 0 Å². The highest BCUT2D eigenvalue weighted by Gasteiger charge is 2.24. The van der Waals surface area contributed by atoms with Gasteiger partial charge in [-0.05, 0) is 24.0 Å². The Morgan fingerprint density at radius 3 is 1.89 bits per heavy atom. The molecule has 27 heavy (non-hydrogen) atoms. The van der Waals surface area contributed by atoms with Crippen molar-refractivity contribution in [2.24, 2.45) is 0 Å². The quantitative estimate of drug-likeness (QED) is 0.743. The van der Waals surface area contributed by atoms with Crippen LogP contribution in [-0.2, 0) is 22.7 Å². The number of benzene rings is 2. The molecule has 0 atom stereocenters. The van der Waals surface area contributed by atoms with Crippen LogP contribution in [0.25, 0.3) is 0 Å². The lowest BCUT2D eigenvalue weighted by Gasteiger charge is -2.25. The van der Waals surface area contributed by atoms with Gasteiger partial charge in [-0.15, -0.1) is 0 Å². The van der Waals surface area contributed by atoms with Crippen LogP contribution in [-0.4, -0.2) is 47.8 Å². The van der Waals surface area contributed by atoms with Gasteiger partial charge in [0.2, 0.25) is 11.8 Å². The van der Waals surface area contributed by atoms with Crippen molar-refractivity contribution in [3.8, 4) is 0 Å². The molecule has 0 heterocycles. The number of carbonyl (C=O) groups excluding carboxylic acids is 2. The van der Waals surface area contributed by atoms with E-state index in [0.717, 1.165) is 24.0 Å². The fraction of sp³-hybridized carbons (Fsp3) is 0.364. The Kier molecular flexibility index (Phi) is 6.60. The fourth-order valence-corrected chi connectivity index (χ4v) is 2.97. The summed E-state index contributed by atoms with van der Waals surface area (Å²) in [7, 11) is 1.69. The monoisotopic (exact) mass is 365 g/mol. The highest BCUT2D eigenvalue weighted by atomic mass is 16.2. The molecule has 5 nitrogen and oxygen atoms in total. The Morgan fingerprint density at radius 2 is 1.41 bits per heavy atom. The predicted octanol–water partition coefficient (Wildman–Crippen LogP) is 2.43. The molecule has 5 heteroatoms. The summed E-state index contributed by atoms with van der Waals surface area (Å²) in [4.78, 5) is 28.3. The van der Waals surface area contributed by atoms with E-state index >= 15 is 0 Å². The average molecular weight is 365 g/mol. The zero-order valence-corrected chi connectivity index (χ0v) is 15.8. The van der Waals surface area contributed by atoms with Crippen LogP contribution < -0.4 is 5.32 Å². The van der Waals surface area contributed by atoms with Crippen molar-refractivity contribution in [1.82, 2.24) is 15.1 Å². The SMILES string of the molecule is CN(CC(=O)NC1CC1)C(=O)CN(Cc1ccccc1)Cc1ccccc1. The van der Waals surface area contributed by atoms with Crippen molar-refractivity contribution >= 4 is 11.8 Å². The van der Waals surface area contributed by atoms with Crippen LogP contribution in [0.5, 0.6) is 0 Å². The normalized spacial score (nSPS) is 13.4. The van der Waals surface area contributed by atoms with E-state index in [1.807, 2.05) is 36.4 Å². The summed E-state index contributed by atoms with van der Waals surface area (Å²) in [6, 6.07) is 20.6. The van der Waals surface area contributed by atoms with E-state index in [9.17, 15) is 9.59 Å². The van der Waals surface area contributed by atoms with Gasteiger partial charge < -0.3 is 10.2 Å². The zero-order chi connectivity index (χ0) is 19.1. The lowest BCUT2D eigenvalue weighted by Crippen LogP contribution is -2.43. The first-order chi connectivity index (χ1) is 13.1. The van der Waals surface area contributed by atoms with Crippen molar-refractivity contribution in [2.45, 2.75) is 32.0 Å². The third-order valence-corrected chi connectivity index (χ3v) is 4.61. The molecule has 3 rings (SSSR count). The number of carbonyl (C=O) groups is 2. The molecule has 2 aromatic carbocycles. The Bertz CT molecular complexity index is 703. The molecule has 0 aromatic heterocycles. The van der Waals surface area contributed by atoms with E-state index in [0.29, 0.717) is 19.1 Å². The third-order valence-electron chi connectivity index (χ3n) is 4.61. The van der Waals surface area contributed by atoms with Gasteiger partial charge in [-0.2, -0.15) is 0 Å². The Labute approximate surface area is 161 Å². The zero-order valence-electron chi connectivity index (χ0n) is 15.8. The molecule has 0 aliphatic heterocycles. The molecule has 1 saturated carbocycles. The van der Waals surface area contributed by atoms with Crippen LogP contribution in [0, 0.1) is 0 Å². The summed E-state index contributed by atoms with van der Waals surface area (Å²) >= 11 is 0. The third kappa shape index (κ3) is 6.53. The van der Waals surface area contributed by atoms with E-state index in [1.54, 1.807) is 7.05 Å². The molecular weight excluding hydrogens is 338 g/mol. The lowest BCUT2D eigenvalue weighted by atomic mass is 10.1. The Balaban J connectivity index is 1.60. The van der Waals surface area contributed by atoms with Crippen molar-refractivity contribution in [3.05, 3.63) is 71.8 Å². The topological polar surface area (TPSA) is 52.7 Å². The second-order valence-corrected chi connectivity index (χ2v) is 7.21. The largest absolute Gasteiger partial charge is 0.352 e. The van der Waals surface area contributed by atoms with Gasteiger partial charge in [-0.3, -0.25) is 14.5 Å². The molecule has 1 aliphatic rings. The lowest BCUT2D eigenvalue weighted by molar-refractivity contribution is -0.135.